The van der Waals surface area contributed by atoms with Crippen LogP contribution in [0.4, 0.5) is 17.1 Å². The molecule has 0 spiro atoms. The molecule has 6 nitrogen and oxygen atoms in total. The Balaban J connectivity index is 0.00000243. The van der Waals surface area contributed by atoms with E-state index in [4.69, 9.17) is 22.5 Å². The van der Waals surface area contributed by atoms with Crippen LogP contribution in [-0.4, -0.2) is 34.6 Å². The molecule has 9 heteroatoms. The Morgan fingerprint density at radius 2 is 1.85 bits per heavy atom. The number of nitrogen functional groups attached to an aromatic ring is 1. The predicted molar refractivity (Wildman–Crippen MR) is 110 cm³/mol. The van der Waals surface area contributed by atoms with Gasteiger partial charge in [0, 0.05) is 36.7 Å². The van der Waals surface area contributed by atoms with E-state index < -0.39 is 10.0 Å². The Labute approximate surface area is 165 Å². The van der Waals surface area contributed by atoms with Gasteiger partial charge >= 0.3 is 0 Å². The minimum Gasteiger partial charge on any atom is -0.394 e. The lowest BCUT2D eigenvalue weighted by Crippen LogP contribution is -2.47. The van der Waals surface area contributed by atoms with E-state index in [0.717, 1.165) is 44.0 Å². The topological polar surface area (TPSA) is 98.2 Å². The van der Waals surface area contributed by atoms with Gasteiger partial charge in [0.1, 0.15) is 12.2 Å². The lowest BCUT2D eigenvalue weighted by molar-refractivity contribution is 0.406. The van der Waals surface area contributed by atoms with E-state index in [1.807, 2.05) is 24.3 Å². The Hall–Kier alpha value is -1.35. The SMILES string of the molecule is Cl.Nc1cc(S(N)(=O)=O)ccc1[N+]1(c2cccc(Cl)c2)CCCNCC1. The first-order valence-electron chi connectivity index (χ1n) is 8.10. The molecular formula is C17H23Cl2N4O2S+. The second-order valence-corrected chi connectivity index (χ2v) is 8.26. The minimum atomic E-state index is -3.79. The number of quaternary nitrogens is 1. The first-order valence-corrected chi connectivity index (χ1v) is 10.0. The number of sulfonamides is 1. The quantitative estimate of drug-likeness (QED) is 0.527. The Morgan fingerprint density at radius 3 is 2.50 bits per heavy atom. The molecule has 1 aliphatic rings. The zero-order valence-electron chi connectivity index (χ0n) is 14.2. The molecule has 0 saturated carbocycles. The van der Waals surface area contributed by atoms with Crippen LogP contribution in [0, 0.1) is 0 Å². The lowest BCUT2D eigenvalue weighted by atomic mass is 10.1. The first kappa shape index (κ1) is 21.0. The lowest BCUT2D eigenvalue weighted by Gasteiger charge is -2.37. The van der Waals surface area contributed by atoms with Gasteiger partial charge in [0.15, 0.2) is 5.69 Å². The molecule has 2 aromatic carbocycles. The highest BCUT2D eigenvalue weighted by Gasteiger charge is 2.36. The number of halogens is 2. The maximum absolute atomic E-state index is 11.6. The van der Waals surface area contributed by atoms with E-state index in [-0.39, 0.29) is 17.3 Å². The number of primary sulfonamides is 1. The summed E-state index contributed by atoms with van der Waals surface area (Å²) < 4.78 is 23.7. The molecular weight excluding hydrogens is 395 g/mol. The largest absolute Gasteiger partial charge is 0.394 e. The molecule has 142 valence electrons. The zero-order valence-corrected chi connectivity index (χ0v) is 16.6. The van der Waals surface area contributed by atoms with Crippen LogP contribution >= 0.6 is 24.0 Å². The molecule has 0 amide bonds. The fourth-order valence-electron chi connectivity index (χ4n) is 3.46. The highest BCUT2D eigenvalue weighted by molar-refractivity contribution is 7.89. The third-order valence-corrected chi connectivity index (χ3v) is 5.80. The maximum atomic E-state index is 11.6. The van der Waals surface area contributed by atoms with Crippen LogP contribution in [-0.2, 0) is 10.0 Å². The number of anilines is 1. The van der Waals surface area contributed by atoms with Crippen LogP contribution in [0.25, 0.3) is 0 Å². The Bertz CT molecular complexity index is 882. The number of hydrogen-bond donors (Lipinski definition) is 3. The summed E-state index contributed by atoms with van der Waals surface area (Å²) in [7, 11) is -3.79. The summed E-state index contributed by atoms with van der Waals surface area (Å²) in [5.41, 5.74) is 8.58. The van der Waals surface area contributed by atoms with Crippen LogP contribution in [0.1, 0.15) is 6.42 Å². The fourth-order valence-corrected chi connectivity index (χ4v) is 4.19. The summed E-state index contributed by atoms with van der Waals surface area (Å²) in [6, 6.07) is 12.5. The van der Waals surface area contributed by atoms with Crippen molar-refractivity contribution in [2.75, 3.05) is 31.9 Å². The Morgan fingerprint density at radius 1 is 1.08 bits per heavy atom. The zero-order chi connectivity index (χ0) is 18.1. The minimum absolute atomic E-state index is 0. The first-order chi connectivity index (χ1) is 11.8. The third kappa shape index (κ3) is 4.14. The third-order valence-electron chi connectivity index (χ3n) is 4.65. The van der Waals surface area contributed by atoms with Crippen molar-refractivity contribution in [3.05, 3.63) is 47.5 Å². The summed E-state index contributed by atoms with van der Waals surface area (Å²) >= 11 is 6.23. The van der Waals surface area contributed by atoms with Crippen LogP contribution in [0.5, 0.6) is 0 Å². The van der Waals surface area contributed by atoms with Crippen molar-refractivity contribution in [2.45, 2.75) is 11.3 Å². The summed E-state index contributed by atoms with van der Waals surface area (Å²) in [5.74, 6) is 0. The smallest absolute Gasteiger partial charge is 0.238 e. The summed E-state index contributed by atoms with van der Waals surface area (Å²) in [5, 5.41) is 9.29. The van der Waals surface area contributed by atoms with Gasteiger partial charge in [0.25, 0.3) is 0 Å². The van der Waals surface area contributed by atoms with Crippen molar-refractivity contribution >= 4 is 51.1 Å². The van der Waals surface area contributed by atoms with Gasteiger partial charge in [-0.25, -0.2) is 13.6 Å². The molecule has 1 atom stereocenters. The molecule has 5 N–H and O–H groups in total. The van der Waals surface area contributed by atoms with Crippen molar-refractivity contribution in [2.24, 2.45) is 5.14 Å². The number of rotatable bonds is 3. The van der Waals surface area contributed by atoms with Gasteiger partial charge < -0.3 is 11.1 Å². The number of nitrogens with two attached hydrogens (primary N) is 2. The second-order valence-electron chi connectivity index (χ2n) is 6.26. The van der Waals surface area contributed by atoms with Gasteiger partial charge in [0.05, 0.1) is 17.1 Å². The molecule has 1 unspecified atom stereocenters. The van der Waals surface area contributed by atoms with E-state index in [1.165, 1.54) is 12.1 Å². The van der Waals surface area contributed by atoms with E-state index in [0.29, 0.717) is 15.2 Å². The van der Waals surface area contributed by atoms with Crippen LogP contribution < -0.4 is 20.7 Å². The highest BCUT2D eigenvalue weighted by atomic mass is 35.5. The fraction of sp³-hybridized carbons (Fsp3) is 0.294. The molecule has 0 radical (unpaired) electrons. The molecule has 26 heavy (non-hydrogen) atoms. The molecule has 0 bridgehead atoms. The number of hydrogen-bond acceptors (Lipinski definition) is 4. The molecule has 0 aromatic heterocycles. The second kappa shape index (κ2) is 8.12. The van der Waals surface area contributed by atoms with E-state index in [9.17, 15) is 8.42 Å². The molecule has 2 aromatic rings. The predicted octanol–water partition coefficient (Wildman–Crippen LogP) is 2.62. The van der Waals surface area contributed by atoms with Crippen molar-refractivity contribution < 1.29 is 8.42 Å². The van der Waals surface area contributed by atoms with Crippen molar-refractivity contribution in [1.82, 2.24) is 9.80 Å². The molecule has 3 rings (SSSR count). The van der Waals surface area contributed by atoms with Gasteiger partial charge in [0.2, 0.25) is 10.0 Å². The number of benzene rings is 2. The summed E-state index contributed by atoms with van der Waals surface area (Å²) in [4.78, 5) is 0.0194. The molecule has 0 aliphatic carbocycles. The summed E-state index contributed by atoms with van der Waals surface area (Å²) in [6.07, 6.45) is 0.961. The van der Waals surface area contributed by atoms with Gasteiger partial charge in [-0.05, 0) is 24.3 Å². The molecule has 1 heterocycles. The number of nitrogens with zero attached hydrogens (tertiary/aromatic N) is 1. The van der Waals surface area contributed by atoms with Gasteiger partial charge in [-0.3, -0.25) is 4.48 Å². The molecule has 1 saturated heterocycles. The van der Waals surface area contributed by atoms with Crippen molar-refractivity contribution in [1.29, 1.82) is 0 Å². The van der Waals surface area contributed by atoms with Crippen LogP contribution in [0.15, 0.2) is 47.4 Å². The van der Waals surface area contributed by atoms with Crippen molar-refractivity contribution in [3.63, 3.8) is 0 Å². The molecule has 1 fully saturated rings. The van der Waals surface area contributed by atoms with Crippen molar-refractivity contribution in [3.8, 4) is 0 Å². The van der Waals surface area contributed by atoms with Crippen LogP contribution in [0.2, 0.25) is 5.02 Å². The van der Waals surface area contributed by atoms with Gasteiger partial charge in [-0.1, -0.05) is 17.7 Å². The van der Waals surface area contributed by atoms with Gasteiger partial charge in [-0.2, -0.15) is 0 Å². The van der Waals surface area contributed by atoms with E-state index in [1.54, 1.807) is 6.07 Å². The van der Waals surface area contributed by atoms with E-state index >= 15 is 0 Å². The standard InChI is InChI=1S/C17H22ClN4O2S.ClH/c18-13-3-1-4-14(11-13)22(9-2-7-21-8-10-22)17-6-5-15(12-16(17)19)25(20,23)24;/h1,3-6,11-12,21H,2,7-10,19H2,(H2,20,23,24);1H/q+1;. The van der Waals surface area contributed by atoms with Gasteiger partial charge in [-0.15, -0.1) is 12.4 Å². The highest BCUT2D eigenvalue weighted by Crippen LogP contribution is 2.40. The normalized spacial score (nSPS) is 20.8. The molecule has 1 aliphatic heterocycles. The van der Waals surface area contributed by atoms with Crippen LogP contribution in [0.3, 0.4) is 0 Å². The Kier molecular flexibility index (Phi) is 6.55. The van der Waals surface area contributed by atoms with E-state index in [2.05, 4.69) is 5.32 Å². The average molecular weight is 418 g/mol. The monoisotopic (exact) mass is 417 g/mol. The number of nitrogens with one attached hydrogen (secondary N) is 1. The maximum Gasteiger partial charge on any atom is 0.238 e. The summed E-state index contributed by atoms with van der Waals surface area (Å²) in [6.45, 7) is 3.38. The average Bonchev–Trinajstić information content (AvgIpc) is 2.81.